The van der Waals surface area contributed by atoms with Gasteiger partial charge >= 0.3 is 0 Å². The Balaban J connectivity index is 0.815. The van der Waals surface area contributed by atoms with Crippen molar-refractivity contribution in [1.82, 2.24) is 40.4 Å². The molecule has 3 saturated heterocycles. The van der Waals surface area contributed by atoms with E-state index in [-0.39, 0.29) is 46.8 Å². The second-order valence-electron chi connectivity index (χ2n) is 22.0. The van der Waals surface area contributed by atoms with E-state index in [2.05, 4.69) is 98.6 Å². The number of thiazole rings is 1. The van der Waals surface area contributed by atoms with Crippen molar-refractivity contribution in [3.05, 3.63) is 83.2 Å². The topological polar surface area (TPSA) is 175 Å². The maximum absolute atomic E-state index is 14.9. The van der Waals surface area contributed by atoms with Crippen LogP contribution in [0.1, 0.15) is 90.3 Å². The van der Waals surface area contributed by atoms with Crippen LogP contribution in [0, 0.1) is 12.8 Å². The predicted octanol–water partition coefficient (Wildman–Crippen LogP) is 8.34. The van der Waals surface area contributed by atoms with E-state index in [1.165, 1.54) is 0 Å². The lowest BCUT2D eigenvalue weighted by Gasteiger charge is -2.47. The van der Waals surface area contributed by atoms with Crippen molar-refractivity contribution in [2.75, 3.05) is 62.6 Å². The van der Waals surface area contributed by atoms with Crippen LogP contribution in [0.25, 0.3) is 21.7 Å². The first-order chi connectivity index (χ1) is 33.8. The van der Waals surface area contributed by atoms with Crippen molar-refractivity contribution >= 4 is 43.0 Å². The van der Waals surface area contributed by atoms with Gasteiger partial charge in [-0.05, 0) is 92.3 Å². The summed E-state index contributed by atoms with van der Waals surface area (Å²) in [6.45, 7) is 27.6. The third-order valence-corrected chi connectivity index (χ3v) is 21.0. The van der Waals surface area contributed by atoms with Gasteiger partial charge in [0.2, 0.25) is 11.8 Å². The summed E-state index contributed by atoms with van der Waals surface area (Å²) in [4.78, 5) is 44.1. The molecule has 2 amide bonds. The van der Waals surface area contributed by atoms with Crippen molar-refractivity contribution in [3.63, 3.8) is 0 Å². The molecular formula is C53H72N10O6SSi. The third kappa shape index (κ3) is 10.9. The van der Waals surface area contributed by atoms with E-state index in [4.69, 9.17) is 13.7 Å². The summed E-state index contributed by atoms with van der Waals surface area (Å²) >= 11 is 1.61. The fraction of sp³-hybridized carbons (Fsp3) is 0.547. The second kappa shape index (κ2) is 20.6. The number of amides is 2. The highest BCUT2D eigenvalue weighted by molar-refractivity contribution is 7.13. The molecule has 0 aliphatic carbocycles. The molecule has 0 bridgehead atoms. The summed E-state index contributed by atoms with van der Waals surface area (Å²) in [7, 11) is -2.23. The third-order valence-electron chi connectivity index (χ3n) is 15.5. The number of ether oxygens (including phenoxy) is 1. The number of para-hydroxylation sites is 1. The summed E-state index contributed by atoms with van der Waals surface area (Å²) in [6, 6.07) is 19.0. The Hall–Kier alpha value is -5.40. The average molecular weight is 1010 g/mol. The molecule has 2 unspecified atom stereocenters. The molecule has 71 heavy (non-hydrogen) atoms. The van der Waals surface area contributed by atoms with Crippen LogP contribution in [0.15, 0.2) is 70.7 Å². The lowest BCUT2D eigenvalue weighted by molar-refractivity contribution is -0.141. The van der Waals surface area contributed by atoms with Crippen molar-refractivity contribution in [1.29, 1.82) is 0 Å². The summed E-state index contributed by atoms with van der Waals surface area (Å²) in [5.41, 5.74) is 7.29. The maximum Gasteiger partial charge on any atom is 0.254 e. The summed E-state index contributed by atoms with van der Waals surface area (Å²) in [5, 5.41) is 30.4. The predicted molar refractivity (Wildman–Crippen MR) is 280 cm³/mol. The molecule has 2 aromatic carbocycles. The Bertz CT molecular complexity index is 2670. The number of aromatic hydroxyl groups is 1. The van der Waals surface area contributed by atoms with Gasteiger partial charge in [-0.1, -0.05) is 71.0 Å². The number of rotatable bonds is 15. The molecular weight excluding hydrogens is 933 g/mol. The molecule has 0 radical (unpaired) electrons. The average Bonchev–Trinajstić information content (AvgIpc) is 4.17. The van der Waals surface area contributed by atoms with E-state index >= 15 is 0 Å². The quantitative estimate of drug-likeness (QED) is 0.0854. The molecule has 4 aliphatic rings. The molecule has 0 saturated carbocycles. The molecule has 3 N–H and O–H groups in total. The van der Waals surface area contributed by atoms with Crippen molar-refractivity contribution in [2.24, 2.45) is 5.92 Å². The van der Waals surface area contributed by atoms with Crippen LogP contribution in [0.5, 0.6) is 11.6 Å². The van der Waals surface area contributed by atoms with Crippen molar-refractivity contribution in [2.45, 2.75) is 129 Å². The Labute approximate surface area is 423 Å². The molecule has 7 atom stereocenters. The monoisotopic (exact) mass is 1000 g/mol. The Morgan fingerprint density at radius 3 is 2.48 bits per heavy atom. The van der Waals surface area contributed by atoms with E-state index in [0.29, 0.717) is 47.9 Å². The zero-order valence-electron chi connectivity index (χ0n) is 43.0. The van der Waals surface area contributed by atoms with Crippen LogP contribution in [0.4, 0.5) is 11.5 Å². The fourth-order valence-electron chi connectivity index (χ4n) is 10.6. The molecule has 9 rings (SSSR count). The number of phenolic OH excluding ortho intramolecular Hbond substituents is 1. The number of anilines is 2. The van der Waals surface area contributed by atoms with E-state index in [1.54, 1.807) is 28.4 Å². The molecule has 18 heteroatoms. The maximum atomic E-state index is 14.9. The zero-order valence-corrected chi connectivity index (χ0v) is 44.8. The van der Waals surface area contributed by atoms with Crippen LogP contribution in [-0.4, -0.2) is 143 Å². The SMILES string of the molecule is Cc1ncsc1-c1ccc([C@H](C)NC(=O)[C@@H]2CC(O[Si](C)(C)C(C)(C)C)CN2C(=O)[C@@H](c2cc(O[C@@H](C)CN3CCC(N4CCN5c6cc(-c7ccccc7O)nnc6NC[C@H]5C4)C3)no2)C(C)C)cc1. The summed E-state index contributed by atoms with van der Waals surface area (Å²) < 4.78 is 19.2. The van der Waals surface area contributed by atoms with Gasteiger partial charge in [0, 0.05) is 69.9 Å². The van der Waals surface area contributed by atoms with Crippen molar-refractivity contribution in [3.8, 4) is 33.3 Å². The normalized spacial score (nSPS) is 22.2. The number of fused-ring (bicyclic) bond motifs is 3. The number of piperazine rings is 1. The molecule has 7 heterocycles. The number of nitrogens with zero attached hydrogens (tertiary/aromatic N) is 8. The first kappa shape index (κ1) is 50.5. The van der Waals surface area contributed by atoms with Gasteiger partial charge in [0.25, 0.3) is 5.88 Å². The lowest BCUT2D eigenvalue weighted by atomic mass is 9.91. The van der Waals surface area contributed by atoms with Gasteiger partial charge in [0.15, 0.2) is 19.9 Å². The number of carbonyl (C=O) groups excluding carboxylic acids is 2. The molecule has 380 valence electrons. The Morgan fingerprint density at radius 2 is 1.76 bits per heavy atom. The highest BCUT2D eigenvalue weighted by Crippen LogP contribution is 2.41. The molecule has 16 nitrogen and oxygen atoms in total. The number of likely N-dealkylation sites (tertiary alicyclic amines) is 2. The van der Waals surface area contributed by atoms with Gasteiger partial charge in [0.1, 0.15) is 23.8 Å². The van der Waals surface area contributed by atoms with Gasteiger partial charge in [-0.3, -0.25) is 19.4 Å². The van der Waals surface area contributed by atoms with Crippen LogP contribution in [0.3, 0.4) is 0 Å². The van der Waals surface area contributed by atoms with Crippen LogP contribution in [-0.2, 0) is 14.0 Å². The molecule has 0 spiro atoms. The van der Waals surface area contributed by atoms with E-state index in [1.807, 2.05) is 69.6 Å². The summed E-state index contributed by atoms with van der Waals surface area (Å²) in [6.07, 6.45) is 1.03. The number of nitrogens with one attached hydrogen (secondary N) is 2. The Morgan fingerprint density at radius 1 is 0.986 bits per heavy atom. The van der Waals surface area contributed by atoms with E-state index in [0.717, 1.165) is 85.4 Å². The minimum atomic E-state index is -2.23. The minimum Gasteiger partial charge on any atom is -0.507 e. The van der Waals surface area contributed by atoms with Gasteiger partial charge in [0.05, 0.1) is 45.7 Å². The summed E-state index contributed by atoms with van der Waals surface area (Å²) in [5.74, 6) is 0.527. The fourth-order valence-corrected chi connectivity index (χ4v) is 12.8. The number of aryl methyl sites for hydroxylation is 1. The number of benzene rings is 2. The van der Waals surface area contributed by atoms with Gasteiger partial charge in [-0.2, -0.15) is 0 Å². The number of carbonyl (C=O) groups is 2. The number of hydrogen-bond acceptors (Lipinski definition) is 15. The first-order valence-electron chi connectivity index (χ1n) is 25.4. The standard InChI is InChI=1S/C53H72N10O6SSi/c1-32(2)48(52(66)63-30-40(69-71(9,10)53(6,7)8)23-44(63)51(65)56-34(4)36-15-17-37(18-16-36)49-35(5)55-31-70-49)46-25-47(59-68-46)67-33(3)27-60-20-19-38(28-60)61-21-22-62-39(29-61)26-54-50-43(62)24-42(57-58-50)41-13-11-12-14-45(41)64/h11-18,24-25,31-34,38-40,44,48,64H,19-23,26-30H2,1-10H3,(H,54,58)(H,56,65)/t33-,34-,38?,39-,40?,44-,48+/m0/s1. The highest BCUT2D eigenvalue weighted by Gasteiger charge is 2.48. The highest BCUT2D eigenvalue weighted by atomic mass is 32.1. The number of hydrogen-bond donors (Lipinski definition) is 3. The molecule has 5 aromatic rings. The lowest BCUT2D eigenvalue weighted by Crippen LogP contribution is -2.60. The van der Waals surface area contributed by atoms with Crippen LogP contribution in [0.2, 0.25) is 18.1 Å². The molecule has 3 aromatic heterocycles. The molecule has 4 aliphatic heterocycles. The second-order valence-corrected chi connectivity index (χ2v) is 27.6. The van der Waals surface area contributed by atoms with E-state index < -0.39 is 20.3 Å². The first-order valence-corrected chi connectivity index (χ1v) is 29.2. The minimum absolute atomic E-state index is 0.0411. The zero-order chi connectivity index (χ0) is 50.4. The molecule has 3 fully saturated rings. The number of aromatic nitrogens is 4. The van der Waals surface area contributed by atoms with Gasteiger partial charge in [-0.25, -0.2) is 4.98 Å². The van der Waals surface area contributed by atoms with Crippen molar-refractivity contribution < 1.29 is 28.4 Å². The largest absolute Gasteiger partial charge is 0.507 e. The Kier molecular flexibility index (Phi) is 14.7. The van der Waals surface area contributed by atoms with Gasteiger partial charge < -0.3 is 39.2 Å². The van der Waals surface area contributed by atoms with Crippen LogP contribution < -0.4 is 20.3 Å². The smallest absolute Gasteiger partial charge is 0.254 e. The number of phenols is 1. The van der Waals surface area contributed by atoms with E-state index in [9.17, 15) is 14.7 Å². The van der Waals surface area contributed by atoms with Gasteiger partial charge in [-0.15, -0.1) is 21.5 Å². The van der Waals surface area contributed by atoms with Crippen LogP contribution >= 0.6 is 11.3 Å².